The smallest absolute Gasteiger partial charge is 0.410 e. The van der Waals surface area contributed by atoms with Gasteiger partial charge < -0.3 is 14.2 Å². The minimum Gasteiger partial charge on any atom is -0.444 e. The molecule has 6 nitrogen and oxygen atoms in total. The highest BCUT2D eigenvalue weighted by Gasteiger charge is 2.27. The van der Waals surface area contributed by atoms with Gasteiger partial charge in [-0.1, -0.05) is 0 Å². The average Bonchev–Trinajstić information content (AvgIpc) is 2.92. The van der Waals surface area contributed by atoms with E-state index in [1.165, 1.54) is 0 Å². The van der Waals surface area contributed by atoms with Gasteiger partial charge in [-0.15, -0.1) is 11.6 Å². The molecule has 0 aromatic carbocycles. The largest absolute Gasteiger partial charge is 0.444 e. The number of carbonyl (C=O) groups excluding carboxylic acids is 1. The van der Waals surface area contributed by atoms with Gasteiger partial charge in [0.2, 0.25) is 0 Å². The van der Waals surface area contributed by atoms with E-state index in [9.17, 15) is 4.79 Å². The van der Waals surface area contributed by atoms with E-state index in [1.807, 2.05) is 32.9 Å². The lowest BCUT2D eigenvalue weighted by Gasteiger charge is -2.33. The first-order valence-corrected chi connectivity index (χ1v) is 9.25. The number of hydrogen-bond acceptors (Lipinski definition) is 4. The molecule has 1 saturated heterocycles. The summed E-state index contributed by atoms with van der Waals surface area (Å²) in [6, 6.07) is 3.84. The van der Waals surface area contributed by atoms with E-state index < -0.39 is 5.60 Å². The van der Waals surface area contributed by atoms with Gasteiger partial charge in [0.1, 0.15) is 16.9 Å². The molecular weight excluding hydrogens is 340 g/mol. The predicted octanol–water partition coefficient (Wildman–Crippen LogP) is 3.82. The molecule has 3 rings (SSSR count). The fourth-order valence-corrected chi connectivity index (χ4v) is 3.39. The fourth-order valence-electron chi connectivity index (χ4n) is 3.18. The number of halogens is 1. The number of fused-ring (bicyclic) bond motifs is 1. The number of aromatic nitrogens is 3. The predicted molar refractivity (Wildman–Crippen MR) is 97.6 cm³/mol. The lowest BCUT2D eigenvalue weighted by Crippen LogP contribution is -2.42. The highest BCUT2D eigenvalue weighted by Crippen LogP contribution is 2.24. The number of likely N-dealkylation sites (tertiary alicyclic amines) is 1. The van der Waals surface area contributed by atoms with Crippen molar-refractivity contribution in [3.63, 3.8) is 0 Å². The quantitative estimate of drug-likeness (QED) is 0.777. The maximum Gasteiger partial charge on any atom is 0.410 e. The second-order valence-corrected chi connectivity index (χ2v) is 7.80. The van der Waals surface area contributed by atoms with Crippen molar-refractivity contribution in [3.05, 3.63) is 24.2 Å². The second kappa shape index (κ2) is 7.20. The number of hydrogen-bond donors (Lipinski definition) is 0. The highest BCUT2D eigenvalue weighted by atomic mass is 35.5. The van der Waals surface area contributed by atoms with Gasteiger partial charge in [0.05, 0.1) is 5.88 Å². The molecule has 0 atom stereocenters. The van der Waals surface area contributed by atoms with Crippen LogP contribution in [0.15, 0.2) is 18.3 Å². The summed E-state index contributed by atoms with van der Waals surface area (Å²) in [5, 5.41) is 0. The van der Waals surface area contributed by atoms with Gasteiger partial charge in [0, 0.05) is 25.8 Å². The Hall–Kier alpha value is -1.82. The molecule has 1 aliphatic rings. The van der Waals surface area contributed by atoms with Crippen molar-refractivity contribution in [1.82, 2.24) is 19.4 Å². The van der Waals surface area contributed by atoms with Gasteiger partial charge in [0.25, 0.3) is 0 Å². The monoisotopic (exact) mass is 364 g/mol. The lowest BCUT2D eigenvalue weighted by molar-refractivity contribution is 0.0178. The van der Waals surface area contributed by atoms with Crippen LogP contribution in [0.1, 0.15) is 39.4 Å². The molecule has 2 aromatic rings. The van der Waals surface area contributed by atoms with Crippen molar-refractivity contribution in [3.8, 4) is 0 Å². The van der Waals surface area contributed by atoms with Crippen LogP contribution in [0.4, 0.5) is 4.79 Å². The van der Waals surface area contributed by atoms with Crippen molar-refractivity contribution in [2.75, 3.05) is 13.1 Å². The topological polar surface area (TPSA) is 60.2 Å². The van der Waals surface area contributed by atoms with Crippen molar-refractivity contribution in [2.24, 2.45) is 5.92 Å². The van der Waals surface area contributed by atoms with E-state index >= 15 is 0 Å². The molecular formula is C18H25ClN4O2. The SMILES string of the molecule is CC(C)(C)OC(=O)N1CCC(Cn2c(CCl)nc3cccnc32)CC1. The molecule has 7 heteroatoms. The van der Waals surface area contributed by atoms with Gasteiger partial charge in [-0.25, -0.2) is 14.8 Å². The molecule has 0 bridgehead atoms. The van der Waals surface area contributed by atoms with Crippen LogP contribution < -0.4 is 0 Å². The molecule has 1 fully saturated rings. The molecule has 0 unspecified atom stereocenters. The number of amides is 1. The van der Waals surface area contributed by atoms with Crippen molar-refractivity contribution < 1.29 is 9.53 Å². The highest BCUT2D eigenvalue weighted by molar-refractivity contribution is 6.16. The first-order chi connectivity index (χ1) is 11.9. The molecule has 1 amide bonds. The summed E-state index contributed by atoms with van der Waals surface area (Å²) < 4.78 is 7.58. The summed E-state index contributed by atoms with van der Waals surface area (Å²) in [7, 11) is 0. The van der Waals surface area contributed by atoms with Crippen molar-refractivity contribution in [2.45, 2.75) is 51.6 Å². The number of rotatable bonds is 3. The molecule has 0 spiro atoms. The van der Waals surface area contributed by atoms with E-state index in [1.54, 1.807) is 11.1 Å². The zero-order valence-electron chi connectivity index (χ0n) is 15.0. The van der Waals surface area contributed by atoms with Gasteiger partial charge in [-0.2, -0.15) is 0 Å². The van der Waals surface area contributed by atoms with Gasteiger partial charge in [0.15, 0.2) is 5.65 Å². The van der Waals surface area contributed by atoms with E-state index in [2.05, 4.69) is 14.5 Å². The summed E-state index contributed by atoms with van der Waals surface area (Å²) in [5.74, 6) is 1.69. The Morgan fingerprint density at radius 2 is 2.08 bits per heavy atom. The van der Waals surface area contributed by atoms with Gasteiger partial charge >= 0.3 is 6.09 Å². The summed E-state index contributed by atoms with van der Waals surface area (Å²) in [6.07, 6.45) is 3.44. The Morgan fingerprint density at radius 1 is 1.36 bits per heavy atom. The van der Waals surface area contributed by atoms with Gasteiger partial charge in [-0.05, 0) is 51.7 Å². The average molecular weight is 365 g/mol. The number of ether oxygens (including phenoxy) is 1. The van der Waals surface area contributed by atoms with E-state index in [0.717, 1.165) is 49.5 Å². The Kier molecular flexibility index (Phi) is 5.18. The Morgan fingerprint density at radius 3 is 2.72 bits per heavy atom. The van der Waals surface area contributed by atoms with E-state index in [0.29, 0.717) is 11.8 Å². The van der Waals surface area contributed by atoms with E-state index in [-0.39, 0.29) is 6.09 Å². The van der Waals surface area contributed by atoms with Crippen molar-refractivity contribution >= 4 is 28.9 Å². The molecule has 2 aromatic heterocycles. The minimum absolute atomic E-state index is 0.220. The number of carbonyl (C=O) groups is 1. The zero-order chi connectivity index (χ0) is 18.0. The third-order valence-electron chi connectivity index (χ3n) is 4.41. The maximum absolute atomic E-state index is 12.2. The second-order valence-electron chi connectivity index (χ2n) is 7.53. The first kappa shape index (κ1) is 18.0. The zero-order valence-corrected chi connectivity index (χ0v) is 15.8. The maximum atomic E-state index is 12.2. The molecule has 0 radical (unpaired) electrons. The fraction of sp³-hybridized carbons (Fsp3) is 0.611. The molecule has 25 heavy (non-hydrogen) atoms. The number of pyridine rings is 1. The molecule has 0 N–H and O–H groups in total. The third-order valence-corrected chi connectivity index (χ3v) is 4.65. The Balaban J connectivity index is 1.64. The van der Waals surface area contributed by atoms with Crippen LogP contribution in [0.5, 0.6) is 0 Å². The molecule has 0 aliphatic carbocycles. The summed E-state index contributed by atoms with van der Waals surface area (Å²) in [4.78, 5) is 23.0. The number of alkyl halides is 1. The lowest BCUT2D eigenvalue weighted by atomic mass is 9.97. The van der Waals surface area contributed by atoms with Crippen molar-refractivity contribution in [1.29, 1.82) is 0 Å². The first-order valence-electron chi connectivity index (χ1n) is 8.71. The minimum atomic E-state index is -0.454. The van der Waals surface area contributed by atoms with Gasteiger partial charge in [-0.3, -0.25) is 0 Å². The number of imidazole rings is 1. The van der Waals surface area contributed by atoms with Crippen LogP contribution in [-0.4, -0.2) is 44.2 Å². The normalized spacial score (nSPS) is 16.4. The summed E-state index contributed by atoms with van der Waals surface area (Å²) >= 11 is 6.07. The summed E-state index contributed by atoms with van der Waals surface area (Å²) in [6.45, 7) is 7.94. The molecule has 1 aliphatic heterocycles. The number of nitrogens with zero attached hydrogens (tertiary/aromatic N) is 4. The van der Waals surface area contributed by atoms with Crippen LogP contribution in [0.25, 0.3) is 11.2 Å². The Labute approximate surface area is 153 Å². The molecule has 136 valence electrons. The van der Waals surface area contributed by atoms with Crippen LogP contribution in [-0.2, 0) is 17.2 Å². The third kappa shape index (κ3) is 4.24. The number of piperidine rings is 1. The van der Waals surface area contributed by atoms with E-state index in [4.69, 9.17) is 16.3 Å². The van der Waals surface area contributed by atoms with Crippen LogP contribution in [0, 0.1) is 5.92 Å². The molecule has 0 saturated carbocycles. The summed E-state index contributed by atoms with van der Waals surface area (Å²) in [5.41, 5.74) is 1.31. The standard InChI is InChI=1S/C18H25ClN4O2/c1-18(2,3)25-17(24)22-9-6-13(7-10-22)12-23-15(11-19)21-14-5-4-8-20-16(14)23/h4-5,8,13H,6-7,9-12H2,1-3H3. The van der Waals surface area contributed by atoms with Crippen LogP contribution in [0.2, 0.25) is 0 Å². The van der Waals surface area contributed by atoms with Crippen LogP contribution in [0.3, 0.4) is 0 Å². The Bertz CT molecular complexity index is 745. The molecule has 3 heterocycles. The van der Waals surface area contributed by atoms with Crippen LogP contribution >= 0.6 is 11.6 Å².